The van der Waals surface area contributed by atoms with E-state index in [0.717, 1.165) is 25.3 Å². The Balaban J connectivity index is 2.83. The maximum absolute atomic E-state index is 9.02. The van der Waals surface area contributed by atoms with Gasteiger partial charge < -0.3 is 15.3 Å². The van der Waals surface area contributed by atoms with Crippen LogP contribution in [-0.4, -0.2) is 35.3 Å². The van der Waals surface area contributed by atoms with Crippen molar-refractivity contribution in [3.05, 3.63) is 23.4 Å². The molecule has 0 aliphatic rings. The number of nitrogens with one attached hydrogen (secondary N) is 1. The maximum atomic E-state index is 9.02. The molecule has 0 bridgehead atoms. The van der Waals surface area contributed by atoms with Crippen molar-refractivity contribution in [3.8, 4) is 0 Å². The molecule has 0 amide bonds. The summed E-state index contributed by atoms with van der Waals surface area (Å²) < 4.78 is 0. The van der Waals surface area contributed by atoms with Crippen molar-refractivity contribution >= 4 is 5.82 Å². The van der Waals surface area contributed by atoms with Gasteiger partial charge in [-0.05, 0) is 44.4 Å². The van der Waals surface area contributed by atoms with Crippen LogP contribution in [0.15, 0.2) is 12.3 Å². The van der Waals surface area contributed by atoms with Crippen LogP contribution in [0.1, 0.15) is 45.2 Å². The zero-order valence-corrected chi connectivity index (χ0v) is 13.5. The average molecular weight is 279 g/mol. The third kappa shape index (κ3) is 5.10. The van der Waals surface area contributed by atoms with Gasteiger partial charge in [0.2, 0.25) is 0 Å². The van der Waals surface area contributed by atoms with E-state index in [2.05, 4.69) is 55.9 Å². The minimum absolute atomic E-state index is 0.221. The monoisotopic (exact) mass is 279 g/mol. The molecule has 0 radical (unpaired) electrons. The second-order valence-electron chi connectivity index (χ2n) is 5.88. The first-order valence-electron chi connectivity index (χ1n) is 7.52. The highest BCUT2D eigenvalue weighted by Crippen LogP contribution is 2.20. The van der Waals surface area contributed by atoms with E-state index in [1.807, 2.05) is 6.20 Å². The van der Waals surface area contributed by atoms with Crippen LogP contribution < -0.4 is 10.2 Å². The lowest BCUT2D eigenvalue weighted by Crippen LogP contribution is -2.33. The molecule has 20 heavy (non-hydrogen) atoms. The smallest absolute Gasteiger partial charge is 0.131 e. The number of anilines is 1. The molecule has 0 fully saturated rings. The molecule has 1 rings (SSSR count). The van der Waals surface area contributed by atoms with Gasteiger partial charge in [-0.3, -0.25) is 0 Å². The summed E-state index contributed by atoms with van der Waals surface area (Å²) in [5, 5.41) is 12.4. The van der Waals surface area contributed by atoms with Crippen LogP contribution in [0, 0.1) is 6.92 Å². The molecular weight excluding hydrogens is 250 g/mol. The Hall–Kier alpha value is -1.13. The molecule has 1 heterocycles. The van der Waals surface area contributed by atoms with Gasteiger partial charge in [0.25, 0.3) is 0 Å². The van der Waals surface area contributed by atoms with Crippen LogP contribution in [0.25, 0.3) is 0 Å². The van der Waals surface area contributed by atoms with E-state index in [0.29, 0.717) is 12.1 Å². The molecule has 1 aromatic heterocycles. The minimum Gasteiger partial charge on any atom is -0.396 e. The standard InChI is InChI=1S/C16H29N3O/c1-12(2)17-10-15-9-14(5)16(18-11-15)19(13(3)4)7-6-8-20/h9,11-13,17,20H,6-8,10H2,1-5H3. The fraction of sp³-hybridized carbons (Fsp3) is 0.688. The predicted octanol–water partition coefficient (Wildman–Crippen LogP) is 2.49. The van der Waals surface area contributed by atoms with Crippen molar-refractivity contribution in [1.29, 1.82) is 0 Å². The molecule has 114 valence electrons. The zero-order valence-electron chi connectivity index (χ0n) is 13.5. The van der Waals surface area contributed by atoms with Crippen molar-refractivity contribution in [2.24, 2.45) is 0 Å². The lowest BCUT2D eigenvalue weighted by Gasteiger charge is -2.29. The fourth-order valence-corrected chi connectivity index (χ4v) is 2.19. The lowest BCUT2D eigenvalue weighted by atomic mass is 10.1. The zero-order chi connectivity index (χ0) is 15.1. The number of aromatic nitrogens is 1. The lowest BCUT2D eigenvalue weighted by molar-refractivity contribution is 0.288. The second-order valence-corrected chi connectivity index (χ2v) is 5.88. The molecule has 0 aromatic carbocycles. The Morgan fingerprint density at radius 2 is 2.00 bits per heavy atom. The number of hydrogen-bond acceptors (Lipinski definition) is 4. The largest absolute Gasteiger partial charge is 0.396 e. The van der Waals surface area contributed by atoms with Gasteiger partial charge in [-0.1, -0.05) is 13.8 Å². The third-order valence-electron chi connectivity index (χ3n) is 3.27. The minimum atomic E-state index is 0.221. The van der Waals surface area contributed by atoms with Crippen LogP contribution >= 0.6 is 0 Å². The Morgan fingerprint density at radius 3 is 2.50 bits per heavy atom. The molecule has 0 spiro atoms. The third-order valence-corrected chi connectivity index (χ3v) is 3.27. The van der Waals surface area contributed by atoms with Gasteiger partial charge in [0.15, 0.2) is 0 Å². The van der Waals surface area contributed by atoms with E-state index in [-0.39, 0.29) is 6.61 Å². The van der Waals surface area contributed by atoms with Gasteiger partial charge in [0, 0.05) is 38.0 Å². The first-order chi connectivity index (χ1) is 9.45. The van der Waals surface area contributed by atoms with Crippen LogP contribution in [0.4, 0.5) is 5.82 Å². The Morgan fingerprint density at radius 1 is 1.30 bits per heavy atom. The quantitative estimate of drug-likeness (QED) is 0.767. The Bertz CT molecular complexity index is 405. The van der Waals surface area contributed by atoms with Crippen molar-refractivity contribution in [1.82, 2.24) is 10.3 Å². The molecule has 0 saturated heterocycles. The predicted molar refractivity (Wildman–Crippen MR) is 85.1 cm³/mol. The molecule has 1 aromatic rings. The summed E-state index contributed by atoms with van der Waals surface area (Å²) in [5.41, 5.74) is 2.41. The van der Waals surface area contributed by atoms with Gasteiger partial charge in [-0.15, -0.1) is 0 Å². The van der Waals surface area contributed by atoms with Crippen molar-refractivity contribution in [2.45, 2.75) is 59.7 Å². The van der Waals surface area contributed by atoms with Gasteiger partial charge in [-0.2, -0.15) is 0 Å². The van der Waals surface area contributed by atoms with E-state index in [1.54, 1.807) is 0 Å². The Kier molecular flexibility index (Phi) is 6.96. The van der Waals surface area contributed by atoms with Gasteiger partial charge >= 0.3 is 0 Å². The average Bonchev–Trinajstić information content (AvgIpc) is 2.38. The number of hydrogen-bond donors (Lipinski definition) is 2. The van der Waals surface area contributed by atoms with E-state index in [1.165, 1.54) is 11.1 Å². The first kappa shape index (κ1) is 16.9. The Labute approximate surface area is 123 Å². The number of pyridine rings is 1. The highest BCUT2D eigenvalue weighted by atomic mass is 16.3. The number of rotatable bonds is 8. The second kappa shape index (κ2) is 8.22. The molecular formula is C16H29N3O. The summed E-state index contributed by atoms with van der Waals surface area (Å²) in [5.74, 6) is 1.03. The summed E-state index contributed by atoms with van der Waals surface area (Å²) >= 11 is 0. The molecule has 0 aliphatic carbocycles. The van der Waals surface area contributed by atoms with E-state index >= 15 is 0 Å². The van der Waals surface area contributed by atoms with Crippen molar-refractivity contribution < 1.29 is 5.11 Å². The van der Waals surface area contributed by atoms with E-state index in [9.17, 15) is 0 Å². The molecule has 0 aliphatic heterocycles. The van der Waals surface area contributed by atoms with E-state index < -0.39 is 0 Å². The van der Waals surface area contributed by atoms with Crippen LogP contribution in [-0.2, 0) is 6.54 Å². The van der Waals surface area contributed by atoms with Crippen LogP contribution in [0.3, 0.4) is 0 Å². The van der Waals surface area contributed by atoms with Crippen LogP contribution in [0.5, 0.6) is 0 Å². The van der Waals surface area contributed by atoms with Gasteiger partial charge in [0.1, 0.15) is 5.82 Å². The summed E-state index contributed by atoms with van der Waals surface area (Å²) in [6.45, 7) is 12.6. The van der Waals surface area contributed by atoms with E-state index in [4.69, 9.17) is 5.11 Å². The fourth-order valence-electron chi connectivity index (χ4n) is 2.19. The summed E-state index contributed by atoms with van der Waals surface area (Å²) in [4.78, 5) is 6.89. The molecule has 2 N–H and O–H groups in total. The van der Waals surface area contributed by atoms with Crippen molar-refractivity contribution in [2.75, 3.05) is 18.1 Å². The molecule has 4 heteroatoms. The number of aliphatic hydroxyl groups excluding tert-OH is 1. The van der Waals surface area contributed by atoms with Crippen LogP contribution in [0.2, 0.25) is 0 Å². The molecule has 0 unspecified atom stereocenters. The first-order valence-corrected chi connectivity index (χ1v) is 7.52. The van der Waals surface area contributed by atoms with Crippen molar-refractivity contribution in [3.63, 3.8) is 0 Å². The number of aryl methyl sites for hydroxylation is 1. The number of aliphatic hydroxyl groups is 1. The summed E-state index contributed by atoms with van der Waals surface area (Å²) in [6, 6.07) is 3.06. The molecule has 0 atom stereocenters. The molecule has 0 saturated carbocycles. The SMILES string of the molecule is Cc1cc(CNC(C)C)cnc1N(CCCO)C(C)C. The summed E-state index contributed by atoms with van der Waals surface area (Å²) in [6.07, 6.45) is 2.72. The summed E-state index contributed by atoms with van der Waals surface area (Å²) in [7, 11) is 0. The maximum Gasteiger partial charge on any atom is 0.131 e. The number of nitrogens with zero attached hydrogens (tertiary/aromatic N) is 2. The highest BCUT2D eigenvalue weighted by Gasteiger charge is 2.14. The normalized spacial score (nSPS) is 11.4. The van der Waals surface area contributed by atoms with Gasteiger partial charge in [0.05, 0.1) is 0 Å². The van der Waals surface area contributed by atoms with Gasteiger partial charge in [-0.25, -0.2) is 4.98 Å². The molecule has 4 nitrogen and oxygen atoms in total. The topological polar surface area (TPSA) is 48.4 Å². The highest BCUT2D eigenvalue weighted by molar-refractivity contribution is 5.48.